The Morgan fingerprint density at radius 1 is 1.20 bits per heavy atom. The molecule has 86 valence electrons. The highest BCUT2D eigenvalue weighted by molar-refractivity contribution is 6.75. The van der Waals surface area contributed by atoms with Crippen LogP contribution in [0.1, 0.15) is 24.7 Å². The molecule has 0 aliphatic rings. The van der Waals surface area contributed by atoms with E-state index in [4.69, 9.17) is 58.0 Å². The fourth-order valence-electron chi connectivity index (χ4n) is 1.06. The molecule has 0 bridgehead atoms. The first-order chi connectivity index (χ1) is 6.80. The van der Waals surface area contributed by atoms with Crippen LogP contribution < -0.4 is 0 Å². The zero-order valence-corrected chi connectivity index (χ0v) is 11.5. The monoisotopic (exact) mass is 309 g/mol. The fourth-order valence-corrected chi connectivity index (χ4v) is 1.63. The van der Waals surface area contributed by atoms with Crippen LogP contribution in [0, 0.1) is 0 Å². The molecule has 1 heterocycles. The van der Waals surface area contributed by atoms with Crippen molar-refractivity contribution >= 4 is 58.0 Å². The van der Waals surface area contributed by atoms with Gasteiger partial charge >= 0.3 is 0 Å². The van der Waals surface area contributed by atoms with E-state index in [9.17, 15) is 0 Å². The maximum atomic E-state index is 5.97. The van der Waals surface area contributed by atoms with E-state index in [1.165, 1.54) is 0 Å². The van der Waals surface area contributed by atoms with Gasteiger partial charge in [0.25, 0.3) is 0 Å². The fraction of sp³-hybridized carbons (Fsp3) is 0.714. The van der Waals surface area contributed by atoms with E-state index in [2.05, 4.69) is 15.4 Å². The topological polar surface area (TPSA) is 41.6 Å². The molecule has 0 saturated heterocycles. The van der Waals surface area contributed by atoms with Crippen LogP contribution in [-0.2, 0) is 10.8 Å². The Morgan fingerprint density at radius 2 is 1.80 bits per heavy atom. The van der Waals surface area contributed by atoms with Crippen molar-refractivity contribution in [1.82, 2.24) is 15.4 Å². The number of nitrogens with zero attached hydrogens (tertiary/aromatic N) is 2. The third-order valence-corrected chi connectivity index (χ3v) is 4.13. The van der Waals surface area contributed by atoms with Gasteiger partial charge in [0.15, 0.2) is 0 Å². The normalized spacial score (nSPS) is 13.2. The zero-order valence-electron chi connectivity index (χ0n) is 7.70. The van der Waals surface area contributed by atoms with Crippen LogP contribution in [0.5, 0.6) is 0 Å². The first-order valence-corrected chi connectivity index (χ1v) is 6.04. The molecule has 0 saturated carbocycles. The molecular weight excluding hydrogens is 303 g/mol. The molecule has 0 spiro atoms. The van der Waals surface area contributed by atoms with Gasteiger partial charge in [-0.25, -0.2) is 0 Å². The quantitative estimate of drug-likeness (QED) is 0.864. The zero-order chi connectivity index (χ0) is 11.7. The van der Waals surface area contributed by atoms with Gasteiger partial charge in [-0.05, 0) is 6.42 Å². The van der Waals surface area contributed by atoms with E-state index in [1.54, 1.807) is 0 Å². The molecule has 0 amide bonds. The average molecular weight is 311 g/mol. The van der Waals surface area contributed by atoms with Gasteiger partial charge < -0.3 is 0 Å². The Hall–Kier alpha value is 0.590. The minimum absolute atomic E-state index is 0.257. The number of hydrogen-bond donors (Lipinski definition) is 1. The molecule has 0 radical (unpaired) electrons. The average Bonchev–Trinajstić information content (AvgIpc) is 2.51. The van der Waals surface area contributed by atoms with Gasteiger partial charge in [0, 0.05) is 0 Å². The van der Waals surface area contributed by atoms with Crippen molar-refractivity contribution in [1.29, 1.82) is 0 Å². The van der Waals surface area contributed by atoms with Crippen LogP contribution in [-0.4, -0.2) is 19.2 Å². The number of halogens is 5. The van der Waals surface area contributed by atoms with Crippen LogP contribution in [0.4, 0.5) is 0 Å². The summed E-state index contributed by atoms with van der Waals surface area (Å²) in [5, 5.41) is 10.0. The molecule has 1 N–H and O–H groups in total. The Labute approximate surface area is 112 Å². The minimum atomic E-state index is -1.87. The van der Waals surface area contributed by atoms with Crippen molar-refractivity contribution in [3.63, 3.8) is 0 Å². The first kappa shape index (κ1) is 13.7. The van der Waals surface area contributed by atoms with Crippen molar-refractivity contribution in [3.8, 4) is 0 Å². The van der Waals surface area contributed by atoms with Gasteiger partial charge in [0.2, 0.25) is 8.13 Å². The summed E-state index contributed by atoms with van der Waals surface area (Å²) in [5.41, 5.74) is 0.932. The third-order valence-electron chi connectivity index (χ3n) is 1.77. The molecule has 8 heteroatoms. The predicted molar refractivity (Wildman–Crippen MR) is 64.1 cm³/mol. The lowest BCUT2D eigenvalue weighted by Crippen LogP contribution is -2.30. The van der Waals surface area contributed by atoms with Crippen LogP contribution in [0.2, 0.25) is 0 Å². The van der Waals surface area contributed by atoms with Gasteiger partial charge in [-0.15, -0.1) is 5.10 Å². The molecule has 0 aliphatic carbocycles. The second-order valence-electron chi connectivity index (χ2n) is 2.96. The largest absolute Gasteiger partial charge is 0.262 e. The number of aromatic amines is 1. The standard InChI is InChI=1S/C7H8Cl5N3/c1-2-3-4-5(14-15-13-4)6(8,9)7(10,11)12/h2-3H2,1H3,(H,13,14,15). The number of hydrogen-bond acceptors (Lipinski definition) is 2. The number of aromatic nitrogens is 3. The highest BCUT2D eigenvalue weighted by Crippen LogP contribution is 2.52. The molecule has 0 unspecified atom stereocenters. The number of aryl methyl sites for hydroxylation is 1. The van der Waals surface area contributed by atoms with E-state index in [0.717, 1.165) is 6.42 Å². The molecule has 1 rings (SSSR count). The van der Waals surface area contributed by atoms with Gasteiger partial charge in [-0.3, -0.25) is 5.10 Å². The Morgan fingerprint density at radius 3 is 2.27 bits per heavy atom. The number of rotatable bonds is 3. The highest BCUT2D eigenvalue weighted by atomic mass is 35.6. The van der Waals surface area contributed by atoms with Crippen molar-refractivity contribution in [2.75, 3.05) is 0 Å². The molecule has 0 aromatic carbocycles. The van der Waals surface area contributed by atoms with Gasteiger partial charge in [0.05, 0.1) is 5.69 Å². The highest BCUT2D eigenvalue weighted by Gasteiger charge is 2.50. The van der Waals surface area contributed by atoms with Crippen molar-refractivity contribution in [3.05, 3.63) is 11.4 Å². The van der Waals surface area contributed by atoms with Crippen molar-refractivity contribution in [2.24, 2.45) is 0 Å². The summed E-state index contributed by atoms with van der Waals surface area (Å²) in [6.07, 6.45) is 1.56. The van der Waals surface area contributed by atoms with E-state index in [-0.39, 0.29) is 5.69 Å². The van der Waals surface area contributed by atoms with Gasteiger partial charge in [0.1, 0.15) is 5.69 Å². The van der Waals surface area contributed by atoms with Crippen molar-refractivity contribution in [2.45, 2.75) is 27.9 Å². The number of H-pyrrole nitrogens is 1. The second kappa shape index (κ2) is 4.84. The molecule has 0 fully saturated rings. The third kappa shape index (κ3) is 2.83. The molecule has 0 atom stereocenters. The summed E-state index contributed by atoms with van der Waals surface area (Å²) in [6.45, 7) is 1.99. The summed E-state index contributed by atoms with van der Waals surface area (Å²) < 4.78 is -3.58. The Balaban J connectivity index is 3.09. The van der Waals surface area contributed by atoms with E-state index < -0.39 is 8.13 Å². The second-order valence-corrected chi connectivity index (χ2v) is 6.57. The van der Waals surface area contributed by atoms with Crippen LogP contribution >= 0.6 is 58.0 Å². The minimum Gasteiger partial charge on any atom is -0.262 e. The van der Waals surface area contributed by atoms with Gasteiger partial charge in [-0.2, -0.15) is 0 Å². The lowest BCUT2D eigenvalue weighted by atomic mass is 10.2. The number of nitrogens with one attached hydrogen (secondary N) is 1. The maximum absolute atomic E-state index is 5.97. The SMILES string of the molecule is CCCc1[nH]nnc1C(Cl)(Cl)C(Cl)(Cl)Cl. The maximum Gasteiger partial charge on any atom is 0.228 e. The van der Waals surface area contributed by atoms with Gasteiger partial charge in [-0.1, -0.05) is 76.6 Å². The lowest BCUT2D eigenvalue weighted by molar-refractivity contribution is 0.793. The van der Waals surface area contributed by atoms with Crippen LogP contribution in [0.25, 0.3) is 0 Å². The van der Waals surface area contributed by atoms with E-state index in [1.807, 2.05) is 6.92 Å². The molecule has 1 aromatic rings. The number of alkyl halides is 5. The molecule has 1 aromatic heterocycles. The predicted octanol–water partition coefficient (Wildman–Crippen LogP) is 3.76. The van der Waals surface area contributed by atoms with Crippen LogP contribution in [0.3, 0.4) is 0 Å². The molecular formula is C7H8Cl5N3. The first-order valence-electron chi connectivity index (χ1n) is 4.15. The Kier molecular flexibility index (Phi) is 4.41. The smallest absolute Gasteiger partial charge is 0.228 e. The lowest BCUT2D eigenvalue weighted by Gasteiger charge is -2.25. The Bertz CT molecular complexity index is 330. The summed E-state index contributed by atoms with van der Waals surface area (Å²) in [6, 6.07) is 0. The molecule has 15 heavy (non-hydrogen) atoms. The van der Waals surface area contributed by atoms with Crippen LogP contribution in [0.15, 0.2) is 0 Å². The summed E-state index contributed by atoms with van der Waals surface area (Å²) >= 11 is 29.0. The van der Waals surface area contributed by atoms with E-state index in [0.29, 0.717) is 12.1 Å². The summed E-state index contributed by atoms with van der Waals surface area (Å²) in [5.74, 6) is 0. The van der Waals surface area contributed by atoms with E-state index >= 15 is 0 Å². The molecule has 3 nitrogen and oxygen atoms in total. The van der Waals surface area contributed by atoms with Crippen molar-refractivity contribution < 1.29 is 0 Å². The summed E-state index contributed by atoms with van der Waals surface area (Å²) in [7, 11) is 0. The molecule has 0 aliphatic heterocycles. The summed E-state index contributed by atoms with van der Waals surface area (Å²) in [4.78, 5) is 0.